The summed E-state index contributed by atoms with van der Waals surface area (Å²) in [6.45, 7) is 4.70. The minimum Gasteiger partial charge on any atom is -0.366 e. The molecule has 2 aromatic rings. The lowest BCUT2D eigenvalue weighted by Crippen LogP contribution is -2.07. The van der Waals surface area contributed by atoms with E-state index in [0.717, 1.165) is 17.2 Å². The summed E-state index contributed by atoms with van der Waals surface area (Å²) in [4.78, 5) is 0. The van der Waals surface area contributed by atoms with Crippen LogP contribution >= 0.6 is 12.4 Å². The van der Waals surface area contributed by atoms with Crippen LogP contribution in [0.15, 0.2) is 6.07 Å². The number of nitrogens with zero attached hydrogens (tertiary/aromatic N) is 4. The van der Waals surface area contributed by atoms with Gasteiger partial charge in [0.2, 0.25) is 5.95 Å². The van der Waals surface area contributed by atoms with Crippen LogP contribution in [0.25, 0.3) is 0 Å². The van der Waals surface area contributed by atoms with Crippen molar-refractivity contribution < 1.29 is 4.39 Å². The molecule has 1 aliphatic carbocycles. The minimum atomic E-state index is -0.248. The molecule has 116 valence electrons. The first-order chi connectivity index (χ1) is 9.60. The first kappa shape index (κ1) is 15.8. The van der Waals surface area contributed by atoms with E-state index in [1.807, 2.05) is 25.6 Å². The number of nitrogens with one attached hydrogen (secondary N) is 1. The predicted molar refractivity (Wildman–Crippen MR) is 82.4 cm³/mol. The lowest BCUT2D eigenvalue weighted by Gasteiger charge is -2.05. The molecular formula is C14H21ClFN5. The summed E-state index contributed by atoms with van der Waals surface area (Å²) in [7, 11) is 1.91. The van der Waals surface area contributed by atoms with Crippen molar-refractivity contribution in [1.29, 1.82) is 0 Å². The molecule has 0 spiro atoms. The second-order valence-electron chi connectivity index (χ2n) is 5.38. The quantitative estimate of drug-likeness (QED) is 0.923. The zero-order chi connectivity index (χ0) is 14.3. The predicted octanol–water partition coefficient (Wildman–Crippen LogP) is 3.00. The van der Waals surface area contributed by atoms with Crippen LogP contribution in [-0.2, 0) is 20.1 Å². The van der Waals surface area contributed by atoms with Crippen molar-refractivity contribution in [2.24, 2.45) is 7.05 Å². The van der Waals surface area contributed by atoms with Crippen LogP contribution in [0.3, 0.4) is 0 Å². The fourth-order valence-electron chi connectivity index (χ4n) is 2.41. The molecule has 0 saturated heterocycles. The van der Waals surface area contributed by atoms with Crippen LogP contribution in [-0.4, -0.2) is 19.6 Å². The fourth-order valence-corrected chi connectivity index (χ4v) is 2.41. The van der Waals surface area contributed by atoms with Gasteiger partial charge in [0.25, 0.3) is 0 Å². The standard InChI is InChI=1S/C14H20FN5.ClH/c1-4-20-14(15)11(9(2)17-20)8-16-13-7-12(10-5-6-10)18-19(13)3;/h7,10,16H,4-6,8H2,1-3H3;1H. The molecule has 0 amide bonds. The summed E-state index contributed by atoms with van der Waals surface area (Å²) in [5, 5.41) is 11.9. The molecule has 0 aliphatic heterocycles. The highest BCUT2D eigenvalue weighted by molar-refractivity contribution is 5.85. The normalized spacial score (nSPS) is 14.1. The van der Waals surface area contributed by atoms with Gasteiger partial charge in [-0.15, -0.1) is 12.4 Å². The Hall–Kier alpha value is -1.56. The van der Waals surface area contributed by atoms with Crippen LogP contribution in [0.5, 0.6) is 0 Å². The van der Waals surface area contributed by atoms with E-state index >= 15 is 0 Å². The molecule has 0 aromatic carbocycles. The van der Waals surface area contributed by atoms with Gasteiger partial charge >= 0.3 is 0 Å². The van der Waals surface area contributed by atoms with Crippen molar-refractivity contribution >= 4 is 18.2 Å². The van der Waals surface area contributed by atoms with Crippen LogP contribution in [0.1, 0.15) is 42.6 Å². The average Bonchev–Trinajstić information content (AvgIpc) is 3.15. The molecule has 0 atom stereocenters. The van der Waals surface area contributed by atoms with Crippen molar-refractivity contribution in [3.63, 3.8) is 0 Å². The Morgan fingerprint density at radius 2 is 2.10 bits per heavy atom. The maximum Gasteiger partial charge on any atom is 0.216 e. The SMILES string of the molecule is CCn1nc(C)c(CNc2cc(C3CC3)nn2C)c1F.Cl. The van der Waals surface area contributed by atoms with Gasteiger partial charge in [-0.05, 0) is 26.7 Å². The highest BCUT2D eigenvalue weighted by Crippen LogP contribution is 2.39. The van der Waals surface area contributed by atoms with Crippen LogP contribution in [0.2, 0.25) is 0 Å². The highest BCUT2D eigenvalue weighted by atomic mass is 35.5. The highest BCUT2D eigenvalue weighted by Gasteiger charge is 2.27. The third-order valence-electron chi connectivity index (χ3n) is 3.82. The monoisotopic (exact) mass is 313 g/mol. The molecule has 3 rings (SSSR count). The summed E-state index contributed by atoms with van der Waals surface area (Å²) < 4.78 is 17.3. The Bertz CT molecular complexity index is 630. The largest absolute Gasteiger partial charge is 0.366 e. The van der Waals surface area contributed by atoms with Gasteiger partial charge in [-0.25, -0.2) is 4.68 Å². The first-order valence-electron chi connectivity index (χ1n) is 7.09. The smallest absolute Gasteiger partial charge is 0.216 e. The maximum atomic E-state index is 14.1. The Morgan fingerprint density at radius 3 is 2.67 bits per heavy atom. The van der Waals surface area contributed by atoms with E-state index in [1.165, 1.54) is 17.5 Å². The molecule has 2 heterocycles. The zero-order valence-electron chi connectivity index (χ0n) is 12.6. The van der Waals surface area contributed by atoms with Gasteiger partial charge < -0.3 is 5.32 Å². The average molecular weight is 314 g/mol. The van der Waals surface area contributed by atoms with Crippen molar-refractivity contribution in [1.82, 2.24) is 19.6 Å². The van der Waals surface area contributed by atoms with Crippen molar-refractivity contribution in [2.75, 3.05) is 5.32 Å². The number of anilines is 1. The number of aryl methyl sites for hydroxylation is 3. The fraction of sp³-hybridized carbons (Fsp3) is 0.571. The van der Waals surface area contributed by atoms with Gasteiger partial charge in [0, 0.05) is 37.7 Å². The maximum absolute atomic E-state index is 14.1. The van der Waals surface area contributed by atoms with Gasteiger partial charge in [0.15, 0.2) is 0 Å². The zero-order valence-corrected chi connectivity index (χ0v) is 13.4. The summed E-state index contributed by atoms with van der Waals surface area (Å²) in [6, 6.07) is 2.06. The molecule has 5 nitrogen and oxygen atoms in total. The summed E-state index contributed by atoms with van der Waals surface area (Å²) in [5.74, 6) is 1.30. The molecule has 2 aromatic heterocycles. The molecule has 1 N–H and O–H groups in total. The number of halogens is 2. The third-order valence-corrected chi connectivity index (χ3v) is 3.82. The Morgan fingerprint density at radius 1 is 1.38 bits per heavy atom. The van der Waals surface area contributed by atoms with Crippen molar-refractivity contribution in [3.05, 3.63) is 29.0 Å². The van der Waals surface area contributed by atoms with E-state index in [0.29, 0.717) is 24.6 Å². The summed E-state index contributed by atoms with van der Waals surface area (Å²) in [6.07, 6.45) is 2.46. The van der Waals surface area contributed by atoms with E-state index in [-0.39, 0.29) is 18.4 Å². The van der Waals surface area contributed by atoms with E-state index in [2.05, 4.69) is 21.6 Å². The number of hydrogen-bond acceptors (Lipinski definition) is 3. The Kier molecular flexibility index (Phi) is 4.56. The molecule has 7 heteroatoms. The van der Waals surface area contributed by atoms with E-state index in [9.17, 15) is 4.39 Å². The molecule has 0 radical (unpaired) electrons. The number of hydrogen-bond donors (Lipinski definition) is 1. The number of rotatable bonds is 5. The first-order valence-corrected chi connectivity index (χ1v) is 7.09. The lowest BCUT2D eigenvalue weighted by molar-refractivity contribution is 0.464. The van der Waals surface area contributed by atoms with Gasteiger partial charge in [0.05, 0.1) is 11.4 Å². The second-order valence-corrected chi connectivity index (χ2v) is 5.38. The van der Waals surface area contributed by atoms with Crippen LogP contribution < -0.4 is 5.32 Å². The van der Waals surface area contributed by atoms with Gasteiger partial charge in [-0.1, -0.05) is 0 Å². The van der Waals surface area contributed by atoms with E-state index < -0.39 is 0 Å². The van der Waals surface area contributed by atoms with E-state index in [4.69, 9.17) is 0 Å². The van der Waals surface area contributed by atoms with Gasteiger partial charge in [-0.2, -0.15) is 14.6 Å². The molecule has 0 bridgehead atoms. The topological polar surface area (TPSA) is 47.7 Å². The summed E-state index contributed by atoms with van der Waals surface area (Å²) in [5.41, 5.74) is 2.50. The van der Waals surface area contributed by atoms with Crippen LogP contribution in [0, 0.1) is 12.9 Å². The Labute approximate surface area is 129 Å². The van der Waals surface area contributed by atoms with Crippen molar-refractivity contribution in [3.8, 4) is 0 Å². The molecule has 1 saturated carbocycles. The Balaban J connectivity index is 0.00000161. The van der Waals surface area contributed by atoms with E-state index in [1.54, 1.807) is 0 Å². The molecule has 21 heavy (non-hydrogen) atoms. The third kappa shape index (κ3) is 3.05. The van der Waals surface area contributed by atoms with Crippen LogP contribution in [0.4, 0.5) is 10.2 Å². The number of aromatic nitrogens is 4. The molecule has 1 fully saturated rings. The summed E-state index contributed by atoms with van der Waals surface area (Å²) >= 11 is 0. The van der Waals surface area contributed by atoms with Gasteiger partial charge in [0.1, 0.15) is 5.82 Å². The molecule has 0 unspecified atom stereocenters. The minimum absolute atomic E-state index is 0. The van der Waals surface area contributed by atoms with Crippen molar-refractivity contribution in [2.45, 2.75) is 45.7 Å². The lowest BCUT2D eigenvalue weighted by atomic mass is 10.2. The molecule has 1 aliphatic rings. The second kappa shape index (κ2) is 6.05. The van der Waals surface area contributed by atoms with Gasteiger partial charge in [-0.3, -0.25) is 4.68 Å². The molecular weight excluding hydrogens is 293 g/mol.